The monoisotopic (exact) mass is 380 g/mol. The maximum atomic E-state index is 6.19. The van der Waals surface area contributed by atoms with Gasteiger partial charge in [-0.25, -0.2) is 4.98 Å². The Hall–Kier alpha value is -2.72. The van der Waals surface area contributed by atoms with Gasteiger partial charge in [-0.1, -0.05) is 37.6 Å². The van der Waals surface area contributed by atoms with Gasteiger partial charge < -0.3 is 14.1 Å². The van der Waals surface area contributed by atoms with E-state index in [0.29, 0.717) is 29.7 Å². The van der Waals surface area contributed by atoms with Crippen molar-refractivity contribution in [3.8, 4) is 17.3 Å². The van der Waals surface area contributed by atoms with Crippen molar-refractivity contribution in [2.24, 2.45) is 5.92 Å². The van der Waals surface area contributed by atoms with E-state index in [1.165, 1.54) is 0 Å². The highest BCUT2D eigenvalue weighted by Gasteiger charge is 2.13. The Balaban J connectivity index is 1.58. The van der Waals surface area contributed by atoms with Crippen molar-refractivity contribution in [1.29, 1.82) is 0 Å². The van der Waals surface area contributed by atoms with E-state index in [9.17, 15) is 0 Å². The van der Waals surface area contributed by atoms with Crippen LogP contribution in [0.1, 0.15) is 25.2 Å². The van der Waals surface area contributed by atoms with E-state index in [1.54, 1.807) is 0 Å². The van der Waals surface area contributed by atoms with E-state index in [2.05, 4.69) is 23.8 Å². The molecule has 4 rings (SSSR count). The van der Waals surface area contributed by atoms with Gasteiger partial charge in [0.05, 0.1) is 17.6 Å². The third kappa shape index (κ3) is 4.01. The molecular formula is C22H21ClN2O2. The van der Waals surface area contributed by atoms with Gasteiger partial charge in [0.25, 0.3) is 0 Å². The number of aromatic amines is 1. The molecule has 0 unspecified atom stereocenters. The summed E-state index contributed by atoms with van der Waals surface area (Å²) >= 11 is 6.19. The summed E-state index contributed by atoms with van der Waals surface area (Å²) in [6, 6.07) is 17.5. The smallest absolute Gasteiger partial charge is 0.174 e. The molecule has 5 heteroatoms. The molecule has 2 aromatic heterocycles. The van der Waals surface area contributed by atoms with Gasteiger partial charge in [0, 0.05) is 17.0 Å². The van der Waals surface area contributed by atoms with Crippen LogP contribution < -0.4 is 4.74 Å². The van der Waals surface area contributed by atoms with Crippen molar-refractivity contribution in [3.05, 3.63) is 70.9 Å². The van der Waals surface area contributed by atoms with Gasteiger partial charge in [-0.05, 0) is 48.4 Å². The number of hydrogen-bond acceptors (Lipinski definition) is 3. The summed E-state index contributed by atoms with van der Waals surface area (Å²) in [6.45, 7) is 4.92. The summed E-state index contributed by atoms with van der Waals surface area (Å²) < 4.78 is 12.0. The number of fused-ring (bicyclic) bond motifs is 1. The van der Waals surface area contributed by atoms with Crippen molar-refractivity contribution < 1.29 is 9.15 Å². The summed E-state index contributed by atoms with van der Waals surface area (Å²) in [5.41, 5.74) is 2.92. The van der Waals surface area contributed by atoms with E-state index in [4.69, 9.17) is 20.8 Å². The molecule has 0 amide bonds. The fourth-order valence-corrected chi connectivity index (χ4v) is 3.14. The van der Waals surface area contributed by atoms with Crippen LogP contribution in [0.4, 0.5) is 0 Å². The molecule has 27 heavy (non-hydrogen) atoms. The lowest BCUT2D eigenvalue weighted by Gasteiger charge is -2.13. The second kappa shape index (κ2) is 7.49. The predicted octanol–water partition coefficient (Wildman–Crippen LogP) is 6.10. The van der Waals surface area contributed by atoms with Crippen LogP contribution in [0.3, 0.4) is 0 Å². The molecule has 138 valence electrons. The lowest BCUT2D eigenvalue weighted by molar-refractivity contribution is 0.268. The molecule has 0 saturated heterocycles. The molecule has 2 aromatic carbocycles. The number of benzene rings is 2. The Labute approximate surface area is 163 Å². The lowest BCUT2D eigenvalue weighted by atomic mass is 10.1. The number of hydrogen-bond donors (Lipinski definition) is 1. The zero-order valence-electron chi connectivity index (χ0n) is 15.3. The van der Waals surface area contributed by atoms with E-state index < -0.39 is 0 Å². The fraction of sp³-hybridized carbons (Fsp3) is 0.227. The molecule has 0 radical (unpaired) electrons. The average Bonchev–Trinajstić information content (AvgIpc) is 3.27. The third-order valence-corrected chi connectivity index (χ3v) is 4.48. The van der Waals surface area contributed by atoms with Crippen molar-refractivity contribution in [3.63, 3.8) is 0 Å². The molecule has 0 atom stereocenters. The van der Waals surface area contributed by atoms with Gasteiger partial charge in [0.2, 0.25) is 0 Å². The van der Waals surface area contributed by atoms with Gasteiger partial charge in [-0.3, -0.25) is 0 Å². The topological polar surface area (TPSA) is 51.0 Å². The number of para-hydroxylation sites is 2. The first-order valence-electron chi connectivity index (χ1n) is 9.03. The highest BCUT2D eigenvalue weighted by molar-refractivity contribution is 6.30. The molecule has 1 N–H and O–H groups in total. The van der Waals surface area contributed by atoms with E-state index in [1.807, 2.05) is 54.6 Å². The molecule has 4 nitrogen and oxygen atoms in total. The van der Waals surface area contributed by atoms with Crippen LogP contribution in [0.25, 0.3) is 22.6 Å². The Morgan fingerprint density at radius 1 is 1.11 bits per heavy atom. The second-order valence-electron chi connectivity index (χ2n) is 7.00. The minimum Gasteiger partial charge on any atom is -0.493 e. The Kier molecular flexibility index (Phi) is 4.90. The van der Waals surface area contributed by atoms with Gasteiger partial charge in [0.15, 0.2) is 11.6 Å². The van der Waals surface area contributed by atoms with E-state index >= 15 is 0 Å². The third-order valence-electron chi connectivity index (χ3n) is 4.24. The molecule has 0 fully saturated rings. The number of imidazole rings is 1. The zero-order valence-corrected chi connectivity index (χ0v) is 16.1. The molecule has 0 saturated carbocycles. The highest BCUT2D eigenvalue weighted by atomic mass is 35.5. The van der Waals surface area contributed by atoms with E-state index in [0.717, 1.165) is 33.9 Å². The summed E-state index contributed by atoms with van der Waals surface area (Å²) in [7, 11) is 0. The summed E-state index contributed by atoms with van der Waals surface area (Å²) in [6.07, 6.45) is 0.605. The highest BCUT2D eigenvalue weighted by Crippen LogP contribution is 2.28. The zero-order chi connectivity index (χ0) is 18.8. The van der Waals surface area contributed by atoms with Crippen LogP contribution >= 0.6 is 11.6 Å². The van der Waals surface area contributed by atoms with Gasteiger partial charge in [-0.15, -0.1) is 0 Å². The van der Waals surface area contributed by atoms with Gasteiger partial charge in [-0.2, -0.15) is 0 Å². The number of aromatic nitrogens is 2. The molecule has 0 spiro atoms. The van der Waals surface area contributed by atoms with Crippen molar-refractivity contribution in [1.82, 2.24) is 9.97 Å². The van der Waals surface area contributed by atoms with E-state index in [-0.39, 0.29) is 0 Å². The van der Waals surface area contributed by atoms with Crippen LogP contribution in [-0.4, -0.2) is 16.6 Å². The number of furan rings is 1. The lowest BCUT2D eigenvalue weighted by Crippen LogP contribution is -2.06. The number of nitrogens with one attached hydrogen (secondary N) is 1. The maximum absolute atomic E-state index is 6.19. The first kappa shape index (κ1) is 17.7. The Bertz CT molecular complexity index is 1030. The summed E-state index contributed by atoms with van der Waals surface area (Å²) in [5.74, 6) is 3.58. The van der Waals surface area contributed by atoms with Crippen LogP contribution in [0, 0.1) is 5.92 Å². The first-order valence-corrected chi connectivity index (χ1v) is 9.41. The van der Waals surface area contributed by atoms with Gasteiger partial charge >= 0.3 is 0 Å². The van der Waals surface area contributed by atoms with Crippen LogP contribution in [0.5, 0.6) is 5.75 Å². The van der Waals surface area contributed by atoms with Crippen molar-refractivity contribution in [2.75, 3.05) is 6.61 Å². The summed E-state index contributed by atoms with van der Waals surface area (Å²) in [4.78, 5) is 7.88. The number of ether oxygens (including phenoxy) is 1. The van der Waals surface area contributed by atoms with Crippen LogP contribution in [0.2, 0.25) is 5.02 Å². The number of rotatable bonds is 6. The maximum Gasteiger partial charge on any atom is 0.174 e. The molecule has 4 aromatic rings. The summed E-state index contributed by atoms with van der Waals surface area (Å²) in [5, 5.41) is 0.686. The molecule has 0 aliphatic rings. The minimum atomic E-state index is 0.455. The number of nitrogens with zero attached hydrogens (tertiary/aromatic N) is 1. The standard InChI is InChI=1S/C22H21ClN2O2/c1-14(2)13-26-20-9-7-16(23)11-15(20)12-17-8-10-21(27-17)22-24-18-5-3-4-6-19(18)25-22/h3-11,14H,12-13H2,1-2H3,(H,24,25). The quantitative estimate of drug-likeness (QED) is 0.439. The van der Waals surface area contributed by atoms with Crippen LogP contribution in [0.15, 0.2) is 59.0 Å². The van der Waals surface area contributed by atoms with Crippen molar-refractivity contribution in [2.45, 2.75) is 20.3 Å². The Morgan fingerprint density at radius 2 is 1.96 bits per heavy atom. The molecular weight excluding hydrogens is 360 g/mol. The SMILES string of the molecule is CC(C)COc1ccc(Cl)cc1Cc1ccc(-c2nc3ccccc3[nH]2)o1. The normalized spacial score (nSPS) is 11.4. The fourth-order valence-electron chi connectivity index (χ4n) is 2.94. The van der Waals surface area contributed by atoms with Gasteiger partial charge in [0.1, 0.15) is 11.5 Å². The largest absolute Gasteiger partial charge is 0.493 e. The first-order chi connectivity index (χ1) is 13.1. The van der Waals surface area contributed by atoms with Crippen LogP contribution in [-0.2, 0) is 6.42 Å². The number of H-pyrrole nitrogens is 1. The Morgan fingerprint density at radius 3 is 2.78 bits per heavy atom. The minimum absolute atomic E-state index is 0.455. The molecule has 0 aliphatic heterocycles. The molecule has 0 bridgehead atoms. The second-order valence-corrected chi connectivity index (χ2v) is 7.44. The predicted molar refractivity (Wildman–Crippen MR) is 108 cm³/mol. The average molecular weight is 381 g/mol. The number of halogens is 1. The van der Waals surface area contributed by atoms with Crippen molar-refractivity contribution >= 4 is 22.6 Å². The molecule has 2 heterocycles. The molecule has 0 aliphatic carbocycles.